The molecule has 1 aromatic heterocycles. The van der Waals surface area contributed by atoms with E-state index >= 15 is 0 Å². The average Bonchev–Trinajstić information content (AvgIpc) is 3.22. The summed E-state index contributed by atoms with van der Waals surface area (Å²) in [7, 11) is -1.78. The van der Waals surface area contributed by atoms with Gasteiger partial charge < -0.3 is 19.7 Å². The second kappa shape index (κ2) is 14.6. The number of allylic oxidation sites excluding steroid dienone is 1. The van der Waals surface area contributed by atoms with E-state index < -0.39 is 21.9 Å². The van der Waals surface area contributed by atoms with E-state index in [1.165, 1.54) is 11.1 Å². The van der Waals surface area contributed by atoms with E-state index in [9.17, 15) is 13.8 Å². The summed E-state index contributed by atoms with van der Waals surface area (Å²) in [6.45, 7) is 5.74. The second-order valence-electron chi connectivity index (χ2n) is 14.7. The molecule has 4 aliphatic rings. The first kappa shape index (κ1) is 35.5. The Morgan fingerprint density at radius 1 is 1.16 bits per heavy atom. The van der Waals surface area contributed by atoms with Crippen molar-refractivity contribution in [1.82, 2.24) is 9.71 Å². The number of carbonyl (C=O) groups excluding carboxylic acids is 2. The van der Waals surface area contributed by atoms with Gasteiger partial charge in [0.25, 0.3) is 5.91 Å². The van der Waals surface area contributed by atoms with Gasteiger partial charge in [-0.05, 0) is 117 Å². The number of aryl methyl sites for hydroxylation is 2. The predicted octanol–water partition coefficient (Wildman–Crippen LogP) is 7.50. The number of fused-ring (bicyclic) bond motifs is 4. The third-order valence-corrected chi connectivity index (χ3v) is 13.1. The van der Waals surface area contributed by atoms with Gasteiger partial charge in [-0.15, -0.1) is 4.36 Å². The van der Waals surface area contributed by atoms with Gasteiger partial charge in [0.2, 0.25) is 0 Å². The molecule has 2 N–H and O–H groups in total. The molecule has 3 heterocycles. The van der Waals surface area contributed by atoms with Crippen LogP contribution in [0.5, 0.6) is 5.75 Å². The summed E-state index contributed by atoms with van der Waals surface area (Å²) in [5.41, 5.74) is 4.58. The molecule has 1 fully saturated rings. The fourth-order valence-electron chi connectivity index (χ4n) is 8.29. The van der Waals surface area contributed by atoms with Gasteiger partial charge in [0, 0.05) is 53.8 Å². The number of nitrogens with zero attached hydrogens (tertiary/aromatic N) is 3. The zero-order valence-corrected chi connectivity index (χ0v) is 31.0. The molecular weight excluding hydrogens is 686 g/mol. The molecule has 10 nitrogen and oxygen atoms in total. The highest BCUT2D eigenvalue weighted by atomic mass is 35.5. The molecule has 1 unspecified atom stereocenters. The van der Waals surface area contributed by atoms with Crippen molar-refractivity contribution in [3.05, 3.63) is 94.3 Å². The maximum atomic E-state index is 14.5. The fraction of sp³-hybridized carbons (Fsp3) is 0.462. The number of aromatic nitrogens is 1. The van der Waals surface area contributed by atoms with Crippen LogP contribution in [0.2, 0.25) is 5.02 Å². The number of hydrogen-bond donors (Lipinski definition) is 2. The molecule has 0 radical (unpaired) electrons. The van der Waals surface area contributed by atoms with E-state index in [-0.39, 0.29) is 28.8 Å². The summed E-state index contributed by atoms with van der Waals surface area (Å²) >= 11 is 6.45. The highest BCUT2D eigenvalue weighted by molar-refractivity contribution is 7.92. The molecule has 3 aromatic rings. The van der Waals surface area contributed by atoms with Gasteiger partial charge in [-0.2, -0.15) is 0 Å². The average molecular weight is 732 g/mol. The molecule has 3 amide bonds. The van der Waals surface area contributed by atoms with Crippen molar-refractivity contribution in [3.8, 4) is 5.75 Å². The molecule has 1 saturated carbocycles. The Labute approximate surface area is 305 Å². The number of halogens is 1. The van der Waals surface area contributed by atoms with Gasteiger partial charge in [0.05, 0.1) is 24.2 Å². The lowest BCUT2D eigenvalue weighted by Crippen LogP contribution is -2.49. The third-order valence-electron chi connectivity index (χ3n) is 10.9. The third kappa shape index (κ3) is 7.66. The first-order valence-electron chi connectivity index (χ1n) is 17.8. The molecule has 7 rings (SSSR count). The molecule has 2 bridgehead atoms. The van der Waals surface area contributed by atoms with Crippen LogP contribution in [-0.2, 0) is 26.5 Å². The number of benzene rings is 2. The molecule has 270 valence electrons. The Kier molecular flexibility index (Phi) is 10.2. The van der Waals surface area contributed by atoms with Crippen LogP contribution in [0.3, 0.4) is 0 Å². The molecule has 6 atom stereocenters. The van der Waals surface area contributed by atoms with Crippen LogP contribution in [0, 0.1) is 24.7 Å². The Hall–Kier alpha value is -3.93. The van der Waals surface area contributed by atoms with E-state index in [1.54, 1.807) is 31.5 Å². The van der Waals surface area contributed by atoms with Gasteiger partial charge in [-0.25, -0.2) is 13.7 Å². The molecule has 1 spiro atoms. The number of urea groups is 1. The Morgan fingerprint density at radius 3 is 2.80 bits per heavy atom. The molecule has 51 heavy (non-hydrogen) atoms. The van der Waals surface area contributed by atoms with E-state index in [0.29, 0.717) is 48.5 Å². The normalized spacial score (nSPS) is 29.6. The van der Waals surface area contributed by atoms with Crippen molar-refractivity contribution in [2.75, 3.05) is 42.8 Å². The minimum absolute atomic E-state index is 0.0122. The summed E-state index contributed by atoms with van der Waals surface area (Å²) in [6, 6.07) is 14.2. The summed E-state index contributed by atoms with van der Waals surface area (Å²) in [6.07, 6.45) is 11.4. The molecule has 2 aliphatic heterocycles. The first-order chi connectivity index (χ1) is 24.5. The maximum Gasteiger partial charge on any atom is 0.331 e. The van der Waals surface area contributed by atoms with Crippen LogP contribution >= 0.6 is 11.6 Å². The standard InChI is InChI=1S/C39H46ClN5O5S/c1-25-6-4-8-35(49-3)32-12-9-29(32)21-45-23-39(16-5-7-27-19-30(40)11-13-33(27)39)24-50-36-14-10-28(20-34(36)45)37(46)43-51(48,22-25)44-38(47)42-31-15-17-41-26(2)18-31/h4,8,10-11,13-15,17-20,25,29,32,35H,5-7,9,12,16,21-24H2,1-3H3,(H2,41,42,43,44,46,47,48)/b8-4-/t25-,29-,32+,35-,39-,51?/m0/s1. The number of rotatable bonds is 3. The van der Waals surface area contributed by atoms with Crippen LogP contribution in [0.4, 0.5) is 16.2 Å². The number of anilines is 2. The number of nitrogens with one attached hydrogen (secondary N) is 2. The van der Waals surface area contributed by atoms with Crippen LogP contribution < -0.4 is 19.7 Å². The van der Waals surface area contributed by atoms with E-state index in [1.807, 2.05) is 32.0 Å². The summed E-state index contributed by atoms with van der Waals surface area (Å²) in [5.74, 6) is 0.593. The minimum Gasteiger partial charge on any atom is -0.490 e. The van der Waals surface area contributed by atoms with Crippen molar-refractivity contribution >= 4 is 44.8 Å². The SMILES string of the molecule is CO[C@H]1/C=C\C[C@H](C)CS(=O)(NC(=O)Nc2ccnc(C)c2)=NC(=O)c2ccc3c(c2)N(C[C@@H]2CC[C@H]21)C[C@@]1(CCCc2cc(Cl)ccc21)CO3. The number of carbonyl (C=O) groups is 2. The van der Waals surface area contributed by atoms with Crippen molar-refractivity contribution in [3.63, 3.8) is 0 Å². The van der Waals surface area contributed by atoms with Gasteiger partial charge in [0.1, 0.15) is 15.7 Å². The topological polar surface area (TPSA) is 122 Å². The highest BCUT2D eigenvalue weighted by Crippen LogP contribution is 2.47. The van der Waals surface area contributed by atoms with Crippen molar-refractivity contribution in [2.24, 2.45) is 22.1 Å². The summed E-state index contributed by atoms with van der Waals surface area (Å²) in [4.78, 5) is 33.7. The molecule has 12 heteroatoms. The first-order valence-corrected chi connectivity index (χ1v) is 19.9. The quantitative estimate of drug-likeness (QED) is 0.268. The van der Waals surface area contributed by atoms with Crippen molar-refractivity contribution < 1.29 is 23.3 Å². The zero-order chi connectivity index (χ0) is 35.8. The highest BCUT2D eigenvalue weighted by Gasteiger charge is 2.44. The van der Waals surface area contributed by atoms with Crippen molar-refractivity contribution in [2.45, 2.75) is 63.9 Å². The summed E-state index contributed by atoms with van der Waals surface area (Å²) in [5, 5.41) is 3.45. The smallest absolute Gasteiger partial charge is 0.331 e. The number of pyridine rings is 1. The Balaban J connectivity index is 1.28. The monoisotopic (exact) mass is 731 g/mol. The molecular formula is C39H46ClN5O5S. The van der Waals surface area contributed by atoms with E-state index in [4.69, 9.17) is 21.1 Å². The van der Waals surface area contributed by atoms with Crippen LogP contribution in [0.1, 0.15) is 66.2 Å². The van der Waals surface area contributed by atoms with Gasteiger partial charge in [0.15, 0.2) is 0 Å². The fourth-order valence-corrected chi connectivity index (χ4v) is 10.3. The van der Waals surface area contributed by atoms with E-state index in [2.05, 4.69) is 48.6 Å². The number of amides is 3. The number of methoxy groups -OCH3 is 1. The zero-order valence-electron chi connectivity index (χ0n) is 29.4. The molecule has 2 aromatic carbocycles. The second-order valence-corrected chi connectivity index (χ2v) is 17.1. The van der Waals surface area contributed by atoms with Gasteiger partial charge in [-0.1, -0.05) is 36.7 Å². The summed E-state index contributed by atoms with van der Waals surface area (Å²) < 4.78 is 34.0. The lowest BCUT2D eigenvalue weighted by atomic mass is 9.68. The maximum absolute atomic E-state index is 14.5. The molecule has 0 saturated heterocycles. The van der Waals surface area contributed by atoms with E-state index in [0.717, 1.165) is 49.4 Å². The lowest BCUT2D eigenvalue weighted by Gasteiger charge is -2.46. The number of hydrogen-bond acceptors (Lipinski definition) is 7. The minimum atomic E-state index is -3.55. The van der Waals surface area contributed by atoms with Crippen LogP contribution in [0.25, 0.3) is 0 Å². The Bertz CT molecular complexity index is 1980. The Morgan fingerprint density at radius 2 is 2.02 bits per heavy atom. The van der Waals surface area contributed by atoms with Crippen LogP contribution in [-0.4, -0.2) is 59.8 Å². The van der Waals surface area contributed by atoms with Crippen LogP contribution in [0.15, 0.2) is 71.2 Å². The largest absolute Gasteiger partial charge is 0.490 e. The lowest BCUT2D eigenvalue weighted by molar-refractivity contribution is 0.0131. The molecule has 2 aliphatic carbocycles. The predicted molar refractivity (Wildman–Crippen MR) is 201 cm³/mol. The van der Waals surface area contributed by atoms with Gasteiger partial charge in [-0.3, -0.25) is 9.78 Å². The van der Waals surface area contributed by atoms with Crippen molar-refractivity contribution in [1.29, 1.82) is 0 Å². The number of ether oxygens (including phenoxy) is 2. The van der Waals surface area contributed by atoms with Gasteiger partial charge >= 0.3 is 6.03 Å².